The highest BCUT2D eigenvalue weighted by Crippen LogP contribution is 2.25. The zero-order chi connectivity index (χ0) is 36.8. The van der Waals surface area contributed by atoms with E-state index in [9.17, 15) is 9.59 Å². The Hall–Kier alpha value is -6.32. The number of carbonyl (C=O) groups excluding carboxylic acids is 2. The van der Waals surface area contributed by atoms with Gasteiger partial charge in [-0.25, -0.2) is 19.3 Å². The molecule has 16 nitrogen and oxygen atoms in total. The van der Waals surface area contributed by atoms with Gasteiger partial charge in [0.1, 0.15) is 13.1 Å². The van der Waals surface area contributed by atoms with Gasteiger partial charge in [0.2, 0.25) is 11.8 Å². The van der Waals surface area contributed by atoms with Crippen molar-refractivity contribution in [1.29, 1.82) is 0 Å². The number of aryl methyl sites for hydroxylation is 5. The number of aromatic nitrogens is 10. The monoisotopic (exact) mass is 718 g/mol. The van der Waals surface area contributed by atoms with Gasteiger partial charge in [-0.15, -0.1) is 10.2 Å². The van der Waals surface area contributed by atoms with Crippen LogP contribution in [0.15, 0.2) is 73.3 Å². The molecule has 4 heterocycles. The minimum atomic E-state index is -0.108. The average Bonchev–Trinajstić information content (AvgIpc) is 3.97. The predicted octanol–water partition coefficient (Wildman–Crippen LogP) is 2.61. The molecule has 0 aliphatic carbocycles. The van der Waals surface area contributed by atoms with E-state index in [4.69, 9.17) is 11.5 Å². The van der Waals surface area contributed by atoms with E-state index in [1.807, 2.05) is 24.5 Å². The molecule has 2 aromatic carbocycles. The SMILES string of the molecule is Nc1ncc(CCCc2cn(CC(=O)NCCCc3ccccc3-c3ccc(CCNC(=O)Cn4cc(CCCc5cnc(N)[nH]5)nn4)cc3)nn2)[nH]1. The number of benzene rings is 2. The number of amides is 2. The van der Waals surface area contributed by atoms with Crippen molar-refractivity contribution in [2.75, 3.05) is 24.6 Å². The van der Waals surface area contributed by atoms with Crippen molar-refractivity contribution in [3.8, 4) is 11.1 Å². The maximum Gasteiger partial charge on any atom is 0.241 e. The van der Waals surface area contributed by atoms with E-state index in [0.717, 1.165) is 85.3 Å². The number of hydrogen-bond donors (Lipinski definition) is 6. The molecule has 0 saturated heterocycles. The number of H-pyrrole nitrogens is 2. The van der Waals surface area contributed by atoms with Gasteiger partial charge in [0, 0.05) is 36.9 Å². The van der Waals surface area contributed by atoms with Gasteiger partial charge < -0.3 is 32.1 Å². The van der Waals surface area contributed by atoms with Crippen LogP contribution >= 0.6 is 0 Å². The van der Waals surface area contributed by atoms with Crippen LogP contribution in [0.5, 0.6) is 0 Å². The lowest BCUT2D eigenvalue weighted by Gasteiger charge is -2.11. The summed E-state index contributed by atoms with van der Waals surface area (Å²) < 4.78 is 3.14. The molecule has 0 spiro atoms. The summed E-state index contributed by atoms with van der Waals surface area (Å²) in [5.74, 6) is 0.631. The van der Waals surface area contributed by atoms with Gasteiger partial charge in [-0.2, -0.15) is 0 Å². The highest BCUT2D eigenvalue weighted by Gasteiger charge is 2.10. The molecule has 0 fully saturated rings. The van der Waals surface area contributed by atoms with E-state index in [0.29, 0.717) is 31.4 Å². The Bertz CT molecular complexity index is 2060. The number of nitrogens with one attached hydrogen (secondary N) is 4. The Balaban J connectivity index is 0.869. The predicted molar refractivity (Wildman–Crippen MR) is 200 cm³/mol. The highest BCUT2D eigenvalue weighted by molar-refractivity contribution is 5.76. The first kappa shape index (κ1) is 36.5. The molecule has 276 valence electrons. The van der Waals surface area contributed by atoms with Crippen LogP contribution in [-0.4, -0.2) is 74.8 Å². The van der Waals surface area contributed by atoms with E-state index in [2.05, 4.69) is 87.6 Å². The molecule has 16 heteroatoms. The van der Waals surface area contributed by atoms with Crippen LogP contribution in [0.3, 0.4) is 0 Å². The van der Waals surface area contributed by atoms with E-state index >= 15 is 0 Å². The molecule has 0 aliphatic heterocycles. The second kappa shape index (κ2) is 18.3. The maximum atomic E-state index is 12.6. The third-order valence-corrected chi connectivity index (χ3v) is 8.80. The molecule has 53 heavy (non-hydrogen) atoms. The molecule has 0 radical (unpaired) electrons. The van der Waals surface area contributed by atoms with Crippen molar-refractivity contribution >= 4 is 23.7 Å². The molecule has 0 aliphatic rings. The molecular weight excluding hydrogens is 673 g/mol. The fourth-order valence-electron chi connectivity index (χ4n) is 6.12. The summed E-state index contributed by atoms with van der Waals surface area (Å²) in [5, 5.41) is 22.6. The van der Waals surface area contributed by atoms with Gasteiger partial charge in [0.25, 0.3) is 0 Å². The third kappa shape index (κ3) is 11.3. The summed E-state index contributed by atoms with van der Waals surface area (Å²) in [4.78, 5) is 39.1. The first-order valence-corrected chi connectivity index (χ1v) is 17.9. The van der Waals surface area contributed by atoms with Gasteiger partial charge in [-0.3, -0.25) is 9.59 Å². The molecule has 0 unspecified atom stereocenters. The van der Waals surface area contributed by atoms with Crippen LogP contribution in [0, 0.1) is 0 Å². The smallest absolute Gasteiger partial charge is 0.241 e. The molecule has 0 atom stereocenters. The van der Waals surface area contributed by atoms with Gasteiger partial charge in [-0.1, -0.05) is 59.0 Å². The third-order valence-electron chi connectivity index (χ3n) is 8.80. The minimum absolute atomic E-state index is 0.0955. The number of anilines is 2. The second-order valence-corrected chi connectivity index (χ2v) is 13.0. The highest BCUT2D eigenvalue weighted by atomic mass is 16.2. The lowest BCUT2D eigenvalue weighted by Crippen LogP contribution is -2.29. The number of imidazole rings is 2. The number of nitrogens with zero attached hydrogens (tertiary/aromatic N) is 8. The topological polar surface area (TPSA) is 229 Å². The largest absolute Gasteiger partial charge is 0.369 e. The number of aromatic amines is 2. The number of nitrogens with two attached hydrogens (primary N) is 2. The van der Waals surface area contributed by atoms with Crippen molar-refractivity contribution in [2.45, 2.75) is 70.9 Å². The van der Waals surface area contributed by atoms with Crippen LogP contribution in [-0.2, 0) is 61.2 Å². The Morgan fingerprint density at radius 1 is 0.642 bits per heavy atom. The normalized spacial score (nSPS) is 11.2. The summed E-state index contributed by atoms with van der Waals surface area (Å²) in [6.07, 6.45) is 14.3. The number of hydrogen-bond acceptors (Lipinski definition) is 10. The van der Waals surface area contributed by atoms with Crippen LogP contribution < -0.4 is 22.1 Å². The summed E-state index contributed by atoms with van der Waals surface area (Å²) in [6.45, 7) is 1.34. The first-order chi connectivity index (χ1) is 25.9. The second-order valence-electron chi connectivity index (χ2n) is 13.0. The van der Waals surface area contributed by atoms with E-state index in [-0.39, 0.29) is 24.9 Å². The van der Waals surface area contributed by atoms with Crippen molar-refractivity contribution < 1.29 is 9.59 Å². The van der Waals surface area contributed by atoms with E-state index in [1.165, 1.54) is 11.1 Å². The van der Waals surface area contributed by atoms with Gasteiger partial charge >= 0.3 is 0 Å². The Morgan fingerprint density at radius 3 is 1.77 bits per heavy atom. The van der Waals surface area contributed by atoms with Gasteiger partial charge in [0.05, 0.1) is 23.8 Å². The summed E-state index contributed by atoms with van der Waals surface area (Å²) >= 11 is 0. The molecular formula is C37H46N14O2. The number of rotatable bonds is 20. The summed E-state index contributed by atoms with van der Waals surface area (Å²) in [6, 6.07) is 16.8. The van der Waals surface area contributed by atoms with E-state index in [1.54, 1.807) is 21.8 Å². The Labute approximate surface area is 307 Å². The molecule has 0 bridgehead atoms. The quantitative estimate of drug-likeness (QED) is 0.0632. The van der Waals surface area contributed by atoms with Crippen LogP contribution in [0.2, 0.25) is 0 Å². The lowest BCUT2D eigenvalue weighted by molar-refractivity contribution is -0.122. The average molecular weight is 719 g/mol. The first-order valence-electron chi connectivity index (χ1n) is 17.9. The standard InChI is InChI=1S/C37H46N14O2/c38-36-42-20-29(44-36)8-3-10-31-22-50(48-46-31)24-34(52)40-18-5-7-27-6-1-2-12-33(27)28-15-13-26(14-16-28)17-19-41-35(53)25-51-23-32(47-49-51)11-4-9-30-21-43-37(39)45-30/h1-2,6,12-16,20-23H,3-5,7-11,17-19,24-25H2,(H,40,52)(H,41,53)(H3,38,42,44)(H3,39,43,45). The molecule has 6 rings (SSSR count). The molecule has 4 aromatic heterocycles. The minimum Gasteiger partial charge on any atom is -0.369 e. The molecule has 2 amide bonds. The van der Waals surface area contributed by atoms with Crippen molar-refractivity contribution in [3.63, 3.8) is 0 Å². The summed E-state index contributed by atoms with van der Waals surface area (Å²) in [7, 11) is 0. The Kier molecular flexibility index (Phi) is 12.6. The fraction of sp³-hybridized carbons (Fsp3) is 0.351. The lowest BCUT2D eigenvalue weighted by atomic mass is 9.95. The maximum absolute atomic E-state index is 12.6. The zero-order valence-corrected chi connectivity index (χ0v) is 29.7. The van der Waals surface area contributed by atoms with Gasteiger partial charge in [-0.05, 0) is 80.0 Å². The Morgan fingerprint density at radius 2 is 1.21 bits per heavy atom. The van der Waals surface area contributed by atoms with Gasteiger partial charge in [0.15, 0.2) is 11.9 Å². The number of nitrogen functional groups attached to an aromatic ring is 2. The van der Waals surface area contributed by atoms with Crippen LogP contribution in [0.25, 0.3) is 11.1 Å². The van der Waals surface area contributed by atoms with Crippen LogP contribution in [0.4, 0.5) is 11.9 Å². The molecule has 0 saturated carbocycles. The number of carbonyl (C=O) groups is 2. The van der Waals surface area contributed by atoms with Crippen molar-refractivity contribution in [2.24, 2.45) is 0 Å². The summed E-state index contributed by atoms with van der Waals surface area (Å²) in [5.41, 5.74) is 19.6. The molecule has 6 aromatic rings. The van der Waals surface area contributed by atoms with Crippen molar-refractivity contribution in [1.82, 2.24) is 60.6 Å². The zero-order valence-electron chi connectivity index (χ0n) is 29.7. The van der Waals surface area contributed by atoms with Crippen LogP contribution in [0.1, 0.15) is 53.2 Å². The van der Waals surface area contributed by atoms with Crippen molar-refractivity contribution in [3.05, 3.63) is 107 Å². The fourth-order valence-corrected chi connectivity index (χ4v) is 6.12. The molecule has 8 N–H and O–H groups in total. The van der Waals surface area contributed by atoms with E-state index < -0.39 is 0 Å².